The largest absolute Gasteiger partial charge is 0.395 e. The molecule has 1 rings (SSSR count). The van der Waals surface area contributed by atoms with Gasteiger partial charge in [-0.25, -0.2) is 0 Å². The molecule has 3 atom stereocenters. The predicted molar refractivity (Wildman–Crippen MR) is 82.1 cm³/mol. The Balaban J connectivity index is 2.77. The van der Waals surface area contributed by atoms with Gasteiger partial charge in [-0.05, 0) is 56.0 Å². The summed E-state index contributed by atoms with van der Waals surface area (Å²) >= 11 is 0. The lowest BCUT2D eigenvalue weighted by atomic mass is 9.67. The smallest absolute Gasteiger partial charge is 0.0558 e. The molecule has 0 spiro atoms. The lowest BCUT2D eigenvalue weighted by Gasteiger charge is -2.46. The van der Waals surface area contributed by atoms with Crippen LogP contribution in [0.15, 0.2) is 0 Å². The van der Waals surface area contributed by atoms with Crippen LogP contribution in [0.4, 0.5) is 0 Å². The Morgan fingerprint density at radius 2 is 1.89 bits per heavy atom. The number of aliphatic hydroxyl groups is 1. The van der Waals surface area contributed by atoms with Crippen molar-refractivity contribution in [2.75, 3.05) is 26.2 Å². The molecule has 0 bridgehead atoms. The maximum atomic E-state index is 9.31. The molecule has 3 nitrogen and oxygen atoms in total. The lowest BCUT2D eigenvalue weighted by Crippen LogP contribution is -2.49. The number of rotatable bonds is 6. The summed E-state index contributed by atoms with van der Waals surface area (Å²) in [5, 5.41) is 9.31. The lowest BCUT2D eigenvalue weighted by molar-refractivity contribution is 0.0360. The topological polar surface area (TPSA) is 49.5 Å². The van der Waals surface area contributed by atoms with E-state index in [4.69, 9.17) is 5.73 Å². The summed E-state index contributed by atoms with van der Waals surface area (Å²) in [5.74, 6) is 1.38. The van der Waals surface area contributed by atoms with Gasteiger partial charge in [-0.15, -0.1) is 0 Å². The summed E-state index contributed by atoms with van der Waals surface area (Å²) < 4.78 is 0. The number of hydrogen-bond acceptors (Lipinski definition) is 3. The van der Waals surface area contributed by atoms with Gasteiger partial charge in [-0.3, -0.25) is 4.90 Å². The third-order valence-corrected chi connectivity index (χ3v) is 4.85. The van der Waals surface area contributed by atoms with E-state index in [0.717, 1.165) is 32.0 Å². The van der Waals surface area contributed by atoms with Crippen molar-refractivity contribution in [2.45, 2.75) is 59.4 Å². The molecule has 1 aliphatic rings. The van der Waals surface area contributed by atoms with Crippen LogP contribution < -0.4 is 5.73 Å². The van der Waals surface area contributed by atoms with Gasteiger partial charge in [0.05, 0.1) is 6.61 Å². The van der Waals surface area contributed by atoms with E-state index in [9.17, 15) is 5.11 Å². The van der Waals surface area contributed by atoms with Gasteiger partial charge in [0.2, 0.25) is 0 Å². The number of nitrogens with zero attached hydrogens (tertiary/aromatic N) is 1. The summed E-state index contributed by atoms with van der Waals surface area (Å²) in [6, 6.07) is 0.565. The third-order valence-electron chi connectivity index (χ3n) is 4.85. The predicted octanol–water partition coefficient (Wildman–Crippen LogP) is 2.48. The van der Waals surface area contributed by atoms with Crippen LogP contribution in [0.2, 0.25) is 0 Å². The number of hydrogen-bond donors (Lipinski definition) is 2. The highest BCUT2D eigenvalue weighted by Crippen LogP contribution is 2.41. The Kier molecular flexibility index (Phi) is 6.78. The van der Waals surface area contributed by atoms with Gasteiger partial charge in [0, 0.05) is 12.6 Å². The van der Waals surface area contributed by atoms with Gasteiger partial charge in [0.1, 0.15) is 0 Å². The molecule has 3 unspecified atom stereocenters. The number of aliphatic hydroxyl groups excluding tert-OH is 1. The first-order valence-corrected chi connectivity index (χ1v) is 7.99. The molecule has 0 aromatic carbocycles. The molecule has 0 radical (unpaired) electrons. The highest BCUT2D eigenvalue weighted by Gasteiger charge is 2.37. The molecule has 0 saturated heterocycles. The minimum absolute atomic E-state index is 0.258. The van der Waals surface area contributed by atoms with Gasteiger partial charge in [-0.1, -0.05) is 27.7 Å². The van der Waals surface area contributed by atoms with Crippen LogP contribution in [0.5, 0.6) is 0 Å². The van der Waals surface area contributed by atoms with Gasteiger partial charge < -0.3 is 10.8 Å². The average molecular weight is 270 g/mol. The Bertz CT molecular complexity index is 244. The zero-order valence-corrected chi connectivity index (χ0v) is 13.4. The van der Waals surface area contributed by atoms with Crippen LogP contribution in [-0.4, -0.2) is 42.3 Å². The molecule has 0 heterocycles. The van der Waals surface area contributed by atoms with E-state index >= 15 is 0 Å². The summed E-state index contributed by atoms with van der Waals surface area (Å²) in [4.78, 5) is 2.48. The fourth-order valence-corrected chi connectivity index (χ4v) is 3.58. The van der Waals surface area contributed by atoms with Crippen molar-refractivity contribution in [3.8, 4) is 0 Å². The molecule has 19 heavy (non-hydrogen) atoms. The van der Waals surface area contributed by atoms with Gasteiger partial charge >= 0.3 is 0 Å². The molecule has 3 N–H and O–H groups in total. The molecular formula is C16H34N2O. The Hall–Kier alpha value is -0.120. The first kappa shape index (κ1) is 16.9. The highest BCUT2D eigenvalue weighted by atomic mass is 16.3. The standard InChI is InChI=1S/C16H34N2O/c1-5-8-18(9-10-19)15-11-14(16(2,3)4)7-6-13(15)12-17/h13-15,19H,5-12,17H2,1-4H3. The van der Waals surface area contributed by atoms with Gasteiger partial charge in [0.25, 0.3) is 0 Å². The van der Waals surface area contributed by atoms with Crippen molar-refractivity contribution in [3.63, 3.8) is 0 Å². The van der Waals surface area contributed by atoms with Gasteiger partial charge in [0.15, 0.2) is 0 Å². The van der Waals surface area contributed by atoms with Crippen LogP contribution in [0.25, 0.3) is 0 Å². The van der Waals surface area contributed by atoms with E-state index in [1.54, 1.807) is 0 Å². The second kappa shape index (κ2) is 7.61. The summed E-state index contributed by atoms with van der Waals surface area (Å²) in [6.45, 7) is 12.2. The molecule has 1 aliphatic carbocycles. The second-order valence-electron chi connectivity index (χ2n) is 7.20. The van der Waals surface area contributed by atoms with E-state index in [1.807, 2.05) is 0 Å². The molecule has 1 saturated carbocycles. The van der Waals surface area contributed by atoms with E-state index in [2.05, 4.69) is 32.6 Å². The second-order valence-corrected chi connectivity index (χ2v) is 7.20. The van der Waals surface area contributed by atoms with E-state index in [0.29, 0.717) is 17.4 Å². The van der Waals surface area contributed by atoms with Crippen molar-refractivity contribution < 1.29 is 5.11 Å². The summed E-state index contributed by atoms with van der Waals surface area (Å²) in [6.07, 6.45) is 4.94. The van der Waals surface area contributed by atoms with E-state index < -0.39 is 0 Å². The van der Waals surface area contributed by atoms with Crippen LogP contribution >= 0.6 is 0 Å². The van der Waals surface area contributed by atoms with Crippen molar-refractivity contribution in [1.82, 2.24) is 4.90 Å². The van der Waals surface area contributed by atoms with Gasteiger partial charge in [-0.2, -0.15) is 0 Å². The molecule has 0 aromatic heterocycles. The summed E-state index contributed by atoms with van der Waals surface area (Å²) in [5.41, 5.74) is 6.37. The fraction of sp³-hybridized carbons (Fsp3) is 1.00. The number of nitrogens with two attached hydrogens (primary N) is 1. The third kappa shape index (κ3) is 4.73. The molecule has 114 valence electrons. The van der Waals surface area contributed by atoms with Crippen molar-refractivity contribution in [2.24, 2.45) is 23.0 Å². The molecule has 0 aliphatic heterocycles. The highest BCUT2D eigenvalue weighted by molar-refractivity contribution is 4.91. The van der Waals surface area contributed by atoms with Crippen LogP contribution in [0.1, 0.15) is 53.4 Å². The minimum Gasteiger partial charge on any atom is -0.395 e. The SMILES string of the molecule is CCCN(CCO)C1CC(C(C)(C)C)CCC1CN. The van der Waals surface area contributed by atoms with E-state index in [-0.39, 0.29) is 6.61 Å². The molecule has 0 amide bonds. The molecular weight excluding hydrogens is 236 g/mol. The fourth-order valence-electron chi connectivity index (χ4n) is 3.58. The van der Waals surface area contributed by atoms with E-state index in [1.165, 1.54) is 19.3 Å². The Labute approximate surface area is 119 Å². The molecule has 3 heteroatoms. The first-order chi connectivity index (χ1) is 8.93. The average Bonchev–Trinajstić information content (AvgIpc) is 2.36. The first-order valence-electron chi connectivity index (χ1n) is 7.99. The maximum absolute atomic E-state index is 9.31. The summed E-state index contributed by atoms with van der Waals surface area (Å²) in [7, 11) is 0. The Morgan fingerprint density at radius 1 is 1.21 bits per heavy atom. The minimum atomic E-state index is 0.258. The van der Waals surface area contributed by atoms with Crippen LogP contribution in [-0.2, 0) is 0 Å². The maximum Gasteiger partial charge on any atom is 0.0558 e. The zero-order valence-electron chi connectivity index (χ0n) is 13.4. The van der Waals surface area contributed by atoms with Crippen molar-refractivity contribution >= 4 is 0 Å². The normalized spacial score (nSPS) is 28.9. The van der Waals surface area contributed by atoms with Crippen molar-refractivity contribution in [1.29, 1.82) is 0 Å². The van der Waals surface area contributed by atoms with Crippen LogP contribution in [0, 0.1) is 17.3 Å². The Morgan fingerprint density at radius 3 is 2.37 bits per heavy atom. The monoisotopic (exact) mass is 270 g/mol. The van der Waals surface area contributed by atoms with Crippen LogP contribution in [0.3, 0.4) is 0 Å². The quantitative estimate of drug-likeness (QED) is 0.779. The van der Waals surface area contributed by atoms with Crippen molar-refractivity contribution in [3.05, 3.63) is 0 Å². The molecule has 0 aromatic rings. The molecule has 1 fully saturated rings. The zero-order chi connectivity index (χ0) is 14.5.